The van der Waals surface area contributed by atoms with E-state index in [1.807, 2.05) is 0 Å². The molecule has 4 heteroatoms. The molecule has 1 N–H and O–H groups in total. The number of ketones is 1. The molecule has 0 fully saturated rings. The van der Waals surface area contributed by atoms with Gasteiger partial charge in [-0.2, -0.15) is 0 Å². The predicted octanol–water partition coefficient (Wildman–Crippen LogP) is 2.48. The lowest BCUT2D eigenvalue weighted by Crippen LogP contribution is -2.15. The summed E-state index contributed by atoms with van der Waals surface area (Å²) < 4.78 is 0. The minimum absolute atomic E-state index is 0.208. The summed E-state index contributed by atoms with van der Waals surface area (Å²) in [6.45, 7) is 0. The number of halogens is 1. The number of carbonyl (C=O) groups excluding carboxylic acids is 1. The summed E-state index contributed by atoms with van der Waals surface area (Å²) in [5, 5.41) is 9.22. The number of hydrogen-bond acceptors (Lipinski definition) is 2. The molecule has 0 saturated carbocycles. The smallest absolute Gasteiger partial charge is 0.328 e. The van der Waals surface area contributed by atoms with E-state index in [-0.39, 0.29) is 5.78 Å². The molecule has 0 atom stereocenters. The van der Waals surface area contributed by atoms with Crippen molar-refractivity contribution >= 4 is 23.4 Å². The maximum Gasteiger partial charge on any atom is 0.328 e. The van der Waals surface area contributed by atoms with Crippen molar-refractivity contribution in [2.24, 2.45) is 0 Å². The van der Waals surface area contributed by atoms with Gasteiger partial charge < -0.3 is 5.11 Å². The molecule has 0 aromatic heterocycles. The minimum atomic E-state index is -1.08. The van der Waals surface area contributed by atoms with Crippen LogP contribution < -0.4 is 0 Å². The van der Waals surface area contributed by atoms with Crippen LogP contribution in [-0.4, -0.2) is 16.9 Å². The molecule has 3 nitrogen and oxygen atoms in total. The molecular weight excluding hydrogens is 228 g/mol. The monoisotopic (exact) mass is 236 g/mol. The first-order valence-corrected chi connectivity index (χ1v) is 5.22. The lowest BCUT2D eigenvalue weighted by molar-refractivity contribution is -0.131. The zero-order chi connectivity index (χ0) is 11.7. The average molecular weight is 237 g/mol. The minimum Gasteiger partial charge on any atom is -0.478 e. The second kappa shape index (κ2) is 4.10. The summed E-state index contributed by atoms with van der Waals surface area (Å²) >= 11 is 5.83. The van der Waals surface area contributed by atoms with Gasteiger partial charge in [-0.15, -0.1) is 0 Å². The van der Waals surface area contributed by atoms with Gasteiger partial charge in [-0.3, -0.25) is 4.79 Å². The maximum absolute atomic E-state index is 11.9. The van der Waals surface area contributed by atoms with E-state index in [1.54, 1.807) is 18.2 Å². The molecule has 1 aliphatic carbocycles. The predicted molar refractivity (Wildman–Crippen MR) is 59.8 cm³/mol. The molecule has 2 rings (SSSR count). The molecule has 0 spiro atoms. The number of benzene rings is 1. The van der Waals surface area contributed by atoms with Crippen molar-refractivity contribution in [1.29, 1.82) is 0 Å². The number of Topliss-reactive ketones (excluding diaryl/α,β-unsaturated/α-hetero) is 1. The Morgan fingerprint density at radius 3 is 2.81 bits per heavy atom. The van der Waals surface area contributed by atoms with Gasteiger partial charge >= 0.3 is 5.97 Å². The highest BCUT2D eigenvalue weighted by Gasteiger charge is 2.22. The summed E-state index contributed by atoms with van der Waals surface area (Å²) in [6, 6.07) is 5.04. The Hall–Kier alpha value is -1.61. The Bertz CT molecular complexity index is 503. The van der Waals surface area contributed by atoms with Gasteiger partial charge in [0.2, 0.25) is 0 Å². The number of allylic oxidation sites excluding steroid dienone is 1. The number of fused-ring (bicyclic) bond motifs is 1. The van der Waals surface area contributed by atoms with Gasteiger partial charge in [-0.05, 0) is 36.6 Å². The second-order valence-electron chi connectivity index (χ2n) is 3.64. The molecule has 0 heterocycles. The molecule has 0 unspecified atom stereocenters. The fourth-order valence-corrected chi connectivity index (χ4v) is 2.03. The van der Waals surface area contributed by atoms with Crippen LogP contribution in [0.4, 0.5) is 0 Å². The SMILES string of the molecule is O=C(O)C=C1CCc2cc(Cl)ccc2C1=O. The summed E-state index contributed by atoms with van der Waals surface area (Å²) in [6.07, 6.45) is 2.10. The molecule has 0 radical (unpaired) electrons. The molecule has 0 amide bonds. The summed E-state index contributed by atoms with van der Waals surface area (Å²) in [7, 11) is 0. The Labute approximate surface area is 97.3 Å². The number of aryl methyl sites for hydroxylation is 1. The molecule has 82 valence electrons. The number of aliphatic carboxylic acids is 1. The third kappa shape index (κ3) is 1.99. The van der Waals surface area contributed by atoms with Crippen LogP contribution in [0.5, 0.6) is 0 Å². The lowest BCUT2D eigenvalue weighted by Gasteiger charge is -2.16. The van der Waals surface area contributed by atoms with E-state index in [1.165, 1.54) is 0 Å². The quantitative estimate of drug-likeness (QED) is 0.762. The third-order valence-corrected chi connectivity index (χ3v) is 2.80. The van der Waals surface area contributed by atoms with Crippen molar-refractivity contribution in [3.05, 3.63) is 46.0 Å². The molecule has 0 aliphatic heterocycles. The third-order valence-electron chi connectivity index (χ3n) is 2.56. The van der Waals surface area contributed by atoms with E-state index in [2.05, 4.69) is 0 Å². The molecular formula is C12H9ClO3. The number of hydrogen-bond donors (Lipinski definition) is 1. The van der Waals surface area contributed by atoms with Gasteiger partial charge in [0, 0.05) is 22.2 Å². The highest BCUT2D eigenvalue weighted by Crippen LogP contribution is 2.27. The summed E-state index contributed by atoms with van der Waals surface area (Å²) in [5.41, 5.74) is 1.80. The van der Waals surface area contributed by atoms with Crippen LogP contribution in [0.3, 0.4) is 0 Å². The van der Waals surface area contributed by atoms with E-state index in [0.717, 1.165) is 11.6 Å². The van der Waals surface area contributed by atoms with E-state index in [9.17, 15) is 9.59 Å². The zero-order valence-electron chi connectivity index (χ0n) is 8.37. The van der Waals surface area contributed by atoms with Crippen LogP contribution in [0, 0.1) is 0 Å². The van der Waals surface area contributed by atoms with Crippen LogP contribution in [0.15, 0.2) is 29.8 Å². The van der Waals surface area contributed by atoms with Crippen LogP contribution in [0.2, 0.25) is 5.02 Å². The van der Waals surface area contributed by atoms with Gasteiger partial charge in [0.05, 0.1) is 0 Å². The number of rotatable bonds is 1. The van der Waals surface area contributed by atoms with Crippen molar-refractivity contribution in [2.75, 3.05) is 0 Å². The summed E-state index contributed by atoms with van der Waals surface area (Å²) in [4.78, 5) is 22.4. The standard InChI is InChI=1S/C12H9ClO3/c13-9-3-4-10-7(5-9)1-2-8(12(10)16)6-11(14)15/h3-6H,1-2H2,(H,14,15). The lowest BCUT2D eigenvalue weighted by atomic mass is 9.87. The fraction of sp³-hybridized carbons (Fsp3) is 0.167. The Balaban J connectivity index is 2.44. The average Bonchev–Trinajstić information content (AvgIpc) is 2.22. The fourth-order valence-electron chi connectivity index (χ4n) is 1.83. The number of carboxylic acids is 1. The van der Waals surface area contributed by atoms with Crippen LogP contribution >= 0.6 is 11.6 Å². The first kappa shape index (κ1) is 10.9. The Kier molecular flexibility index (Phi) is 2.79. The van der Waals surface area contributed by atoms with Crippen LogP contribution in [-0.2, 0) is 11.2 Å². The highest BCUT2D eigenvalue weighted by atomic mass is 35.5. The van der Waals surface area contributed by atoms with Crippen molar-refractivity contribution < 1.29 is 14.7 Å². The van der Waals surface area contributed by atoms with Gasteiger partial charge in [0.15, 0.2) is 5.78 Å². The second-order valence-corrected chi connectivity index (χ2v) is 4.07. The van der Waals surface area contributed by atoms with Crippen LogP contribution in [0.25, 0.3) is 0 Å². The molecule has 16 heavy (non-hydrogen) atoms. The topological polar surface area (TPSA) is 54.4 Å². The largest absolute Gasteiger partial charge is 0.478 e. The summed E-state index contributed by atoms with van der Waals surface area (Å²) in [5.74, 6) is -1.29. The molecule has 0 saturated heterocycles. The first-order chi connectivity index (χ1) is 7.58. The molecule has 1 aromatic carbocycles. The molecule has 1 aliphatic rings. The molecule has 1 aromatic rings. The van der Waals surface area contributed by atoms with E-state index in [4.69, 9.17) is 16.7 Å². The molecule has 0 bridgehead atoms. The van der Waals surface area contributed by atoms with Crippen molar-refractivity contribution in [2.45, 2.75) is 12.8 Å². The zero-order valence-corrected chi connectivity index (χ0v) is 9.12. The normalized spacial score (nSPS) is 17.3. The van der Waals surface area contributed by atoms with Gasteiger partial charge in [-0.25, -0.2) is 4.79 Å². The van der Waals surface area contributed by atoms with Crippen LogP contribution in [0.1, 0.15) is 22.3 Å². The van der Waals surface area contributed by atoms with Crippen molar-refractivity contribution in [3.8, 4) is 0 Å². The van der Waals surface area contributed by atoms with Gasteiger partial charge in [0.1, 0.15) is 0 Å². The van der Waals surface area contributed by atoms with Crippen molar-refractivity contribution in [3.63, 3.8) is 0 Å². The maximum atomic E-state index is 11.9. The van der Waals surface area contributed by atoms with E-state index < -0.39 is 5.97 Å². The number of carbonyl (C=O) groups is 2. The Morgan fingerprint density at radius 2 is 2.12 bits per heavy atom. The van der Waals surface area contributed by atoms with Gasteiger partial charge in [0.25, 0.3) is 0 Å². The van der Waals surface area contributed by atoms with E-state index >= 15 is 0 Å². The number of carboxylic acid groups (broad SMARTS) is 1. The highest BCUT2D eigenvalue weighted by molar-refractivity contribution is 6.31. The Morgan fingerprint density at radius 1 is 1.38 bits per heavy atom. The van der Waals surface area contributed by atoms with Gasteiger partial charge in [-0.1, -0.05) is 11.6 Å². The first-order valence-electron chi connectivity index (χ1n) is 4.84. The van der Waals surface area contributed by atoms with Crippen molar-refractivity contribution in [1.82, 2.24) is 0 Å². The van der Waals surface area contributed by atoms with E-state index in [0.29, 0.717) is 29.0 Å².